The van der Waals surface area contributed by atoms with Gasteiger partial charge in [0.05, 0.1) is 12.1 Å². The van der Waals surface area contributed by atoms with E-state index in [1.54, 1.807) is 4.68 Å². The third-order valence-electron chi connectivity index (χ3n) is 4.11. The van der Waals surface area contributed by atoms with Crippen LogP contribution in [0, 0.1) is 13.8 Å². The lowest BCUT2D eigenvalue weighted by Gasteiger charge is -2.14. The highest BCUT2D eigenvalue weighted by Crippen LogP contribution is 2.18. The van der Waals surface area contributed by atoms with E-state index in [-0.39, 0.29) is 5.91 Å². The van der Waals surface area contributed by atoms with Crippen LogP contribution in [-0.4, -0.2) is 30.5 Å². The van der Waals surface area contributed by atoms with Gasteiger partial charge in [-0.3, -0.25) is 19.4 Å². The van der Waals surface area contributed by atoms with Gasteiger partial charge in [0.2, 0.25) is 11.9 Å². The summed E-state index contributed by atoms with van der Waals surface area (Å²) in [5, 5.41) is 15.4. The number of anilines is 1. The maximum Gasteiger partial charge on any atom is 0.231 e. The molecular weight excluding hydrogens is 268 g/mol. The third kappa shape index (κ3) is 2.55. The number of nitrogens with one attached hydrogen (secondary N) is 1. The molecular formula is C14H20N6O. The molecule has 2 aromatic heterocycles. The molecule has 0 aliphatic carbocycles. The van der Waals surface area contributed by atoms with Gasteiger partial charge in [0.1, 0.15) is 5.82 Å². The van der Waals surface area contributed by atoms with Gasteiger partial charge in [-0.2, -0.15) is 5.10 Å². The van der Waals surface area contributed by atoms with E-state index in [2.05, 4.69) is 20.6 Å². The van der Waals surface area contributed by atoms with E-state index in [4.69, 9.17) is 0 Å². The molecule has 21 heavy (non-hydrogen) atoms. The Morgan fingerprint density at radius 1 is 1.29 bits per heavy atom. The fraction of sp³-hybridized carbons (Fsp3) is 0.571. The molecule has 7 nitrogen and oxygen atoms in total. The number of rotatable bonds is 3. The molecule has 0 radical (unpaired) electrons. The zero-order valence-electron chi connectivity index (χ0n) is 12.7. The minimum absolute atomic E-state index is 0.0741. The van der Waals surface area contributed by atoms with Gasteiger partial charge in [-0.15, -0.1) is 10.2 Å². The zero-order valence-corrected chi connectivity index (χ0v) is 12.7. The number of carbonyl (C=O) groups excluding carboxylic acids is 1. The number of hydrogen-bond donors (Lipinski definition) is 1. The average Bonchev–Trinajstić information content (AvgIpc) is 2.96. The van der Waals surface area contributed by atoms with Gasteiger partial charge in [0, 0.05) is 31.3 Å². The zero-order chi connectivity index (χ0) is 15.0. The van der Waals surface area contributed by atoms with Crippen LogP contribution in [0.2, 0.25) is 0 Å². The monoisotopic (exact) mass is 288 g/mol. The van der Waals surface area contributed by atoms with E-state index >= 15 is 0 Å². The molecule has 3 heterocycles. The largest absolute Gasteiger partial charge is 0.297 e. The summed E-state index contributed by atoms with van der Waals surface area (Å²) in [6.45, 7) is 4.78. The maximum absolute atomic E-state index is 12.3. The number of aromatic nitrogens is 5. The molecule has 1 aliphatic heterocycles. The van der Waals surface area contributed by atoms with Gasteiger partial charge < -0.3 is 0 Å². The standard InChI is InChI=1S/C14H20N6O/c1-9-11(10(2)19(3)18-9)8-13(21)15-14-17-16-12-6-4-5-7-20(12)14/h4-8H2,1-3H3,(H,15,17,21). The summed E-state index contributed by atoms with van der Waals surface area (Å²) in [6, 6.07) is 0. The Labute approximate surface area is 123 Å². The van der Waals surface area contributed by atoms with Crippen LogP contribution >= 0.6 is 0 Å². The number of amides is 1. The van der Waals surface area contributed by atoms with Crippen molar-refractivity contribution in [1.82, 2.24) is 24.5 Å². The molecule has 7 heteroatoms. The van der Waals surface area contributed by atoms with Crippen molar-refractivity contribution in [3.05, 3.63) is 22.8 Å². The van der Waals surface area contributed by atoms with Crippen molar-refractivity contribution in [1.29, 1.82) is 0 Å². The van der Waals surface area contributed by atoms with Gasteiger partial charge in [-0.1, -0.05) is 0 Å². The molecule has 1 amide bonds. The summed E-state index contributed by atoms with van der Waals surface area (Å²) in [5.41, 5.74) is 2.90. The first-order valence-electron chi connectivity index (χ1n) is 7.27. The number of fused-ring (bicyclic) bond motifs is 1. The van der Waals surface area contributed by atoms with Crippen LogP contribution in [0.4, 0.5) is 5.95 Å². The topological polar surface area (TPSA) is 77.6 Å². The van der Waals surface area contributed by atoms with Crippen LogP contribution in [0.3, 0.4) is 0 Å². The van der Waals surface area contributed by atoms with Crippen LogP contribution in [0.25, 0.3) is 0 Å². The predicted octanol–water partition coefficient (Wildman–Crippen LogP) is 1.15. The quantitative estimate of drug-likeness (QED) is 0.919. The van der Waals surface area contributed by atoms with Crippen molar-refractivity contribution in [2.45, 2.75) is 46.1 Å². The van der Waals surface area contributed by atoms with Gasteiger partial charge in [-0.25, -0.2) is 0 Å². The second-order valence-corrected chi connectivity index (χ2v) is 5.55. The molecule has 1 N–H and O–H groups in total. The van der Waals surface area contributed by atoms with Gasteiger partial charge in [0.25, 0.3) is 0 Å². The van der Waals surface area contributed by atoms with Crippen LogP contribution in [0.1, 0.15) is 35.6 Å². The van der Waals surface area contributed by atoms with Crippen molar-refractivity contribution in [2.75, 3.05) is 5.32 Å². The summed E-state index contributed by atoms with van der Waals surface area (Å²) in [5.74, 6) is 1.45. The Morgan fingerprint density at radius 3 is 2.81 bits per heavy atom. The Kier molecular flexibility index (Phi) is 3.48. The smallest absolute Gasteiger partial charge is 0.231 e. The van der Waals surface area contributed by atoms with Crippen LogP contribution < -0.4 is 5.32 Å². The van der Waals surface area contributed by atoms with Crippen molar-refractivity contribution in [3.63, 3.8) is 0 Å². The molecule has 0 unspecified atom stereocenters. The molecule has 0 atom stereocenters. The Hall–Kier alpha value is -2.18. The van der Waals surface area contributed by atoms with E-state index in [0.717, 1.165) is 48.6 Å². The summed E-state index contributed by atoms with van der Waals surface area (Å²) in [7, 11) is 1.89. The number of carbonyl (C=O) groups is 1. The molecule has 0 aromatic carbocycles. The molecule has 0 fully saturated rings. The first-order chi connectivity index (χ1) is 10.1. The molecule has 0 bridgehead atoms. The molecule has 0 saturated heterocycles. The Morgan fingerprint density at radius 2 is 2.10 bits per heavy atom. The first-order valence-corrected chi connectivity index (χ1v) is 7.27. The fourth-order valence-electron chi connectivity index (χ4n) is 2.80. The van der Waals surface area contributed by atoms with Crippen LogP contribution in [0.15, 0.2) is 0 Å². The van der Waals surface area contributed by atoms with E-state index in [1.165, 1.54) is 0 Å². The van der Waals surface area contributed by atoms with Crippen LogP contribution in [-0.2, 0) is 31.2 Å². The number of aryl methyl sites for hydroxylation is 3. The lowest BCUT2D eigenvalue weighted by atomic mass is 10.1. The first kappa shape index (κ1) is 13.8. The SMILES string of the molecule is Cc1nn(C)c(C)c1CC(=O)Nc1nnc2n1CCCC2. The number of hydrogen-bond acceptors (Lipinski definition) is 4. The van der Waals surface area contributed by atoms with Crippen molar-refractivity contribution in [3.8, 4) is 0 Å². The Bertz CT molecular complexity index is 684. The summed E-state index contributed by atoms with van der Waals surface area (Å²) in [6.07, 6.45) is 3.49. The van der Waals surface area contributed by atoms with Gasteiger partial charge >= 0.3 is 0 Å². The average molecular weight is 288 g/mol. The minimum Gasteiger partial charge on any atom is -0.297 e. The highest BCUT2D eigenvalue weighted by atomic mass is 16.1. The fourth-order valence-corrected chi connectivity index (χ4v) is 2.80. The summed E-state index contributed by atoms with van der Waals surface area (Å²) in [4.78, 5) is 12.3. The van der Waals surface area contributed by atoms with E-state index in [0.29, 0.717) is 12.4 Å². The maximum atomic E-state index is 12.3. The second-order valence-electron chi connectivity index (χ2n) is 5.55. The molecule has 1 aliphatic rings. The Balaban J connectivity index is 1.74. The van der Waals surface area contributed by atoms with E-state index in [1.807, 2.05) is 25.5 Å². The van der Waals surface area contributed by atoms with Crippen molar-refractivity contribution < 1.29 is 4.79 Å². The van der Waals surface area contributed by atoms with E-state index < -0.39 is 0 Å². The van der Waals surface area contributed by atoms with Crippen LogP contribution in [0.5, 0.6) is 0 Å². The normalized spacial score (nSPS) is 14.0. The highest BCUT2D eigenvalue weighted by Gasteiger charge is 2.19. The molecule has 0 spiro atoms. The lowest BCUT2D eigenvalue weighted by molar-refractivity contribution is -0.115. The highest BCUT2D eigenvalue weighted by molar-refractivity contribution is 5.91. The lowest BCUT2D eigenvalue weighted by Crippen LogP contribution is -2.20. The summed E-state index contributed by atoms with van der Waals surface area (Å²) >= 11 is 0. The number of nitrogens with zero attached hydrogens (tertiary/aromatic N) is 5. The second kappa shape index (κ2) is 5.31. The molecule has 0 saturated carbocycles. The predicted molar refractivity (Wildman–Crippen MR) is 78.0 cm³/mol. The minimum atomic E-state index is -0.0741. The third-order valence-corrected chi connectivity index (χ3v) is 4.11. The molecule has 3 rings (SSSR count). The molecule has 2 aromatic rings. The van der Waals surface area contributed by atoms with Gasteiger partial charge in [-0.05, 0) is 26.7 Å². The summed E-state index contributed by atoms with van der Waals surface area (Å²) < 4.78 is 3.81. The van der Waals surface area contributed by atoms with Gasteiger partial charge in [0.15, 0.2) is 0 Å². The van der Waals surface area contributed by atoms with E-state index in [9.17, 15) is 4.79 Å². The van der Waals surface area contributed by atoms with Crippen molar-refractivity contribution >= 4 is 11.9 Å². The van der Waals surface area contributed by atoms with Crippen molar-refractivity contribution in [2.24, 2.45) is 7.05 Å². The molecule has 112 valence electrons.